The van der Waals surface area contributed by atoms with E-state index in [0.717, 1.165) is 30.9 Å². The van der Waals surface area contributed by atoms with Crippen molar-refractivity contribution in [1.82, 2.24) is 14.6 Å². The zero-order valence-corrected chi connectivity index (χ0v) is 33.8. The molecule has 0 spiro atoms. The Balaban J connectivity index is 1.28. The minimum Gasteiger partial charge on any atom is -0.449 e. The van der Waals surface area contributed by atoms with Crippen LogP contribution in [0.1, 0.15) is 49.0 Å². The van der Waals surface area contributed by atoms with Crippen molar-refractivity contribution in [3.63, 3.8) is 0 Å². The predicted molar refractivity (Wildman–Crippen MR) is 222 cm³/mol. The number of nitro groups is 1. The summed E-state index contributed by atoms with van der Waals surface area (Å²) in [5.41, 5.74) is 2.58. The van der Waals surface area contributed by atoms with Crippen LogP contribution in [0.4, 0.5) is 30.2 Å². The normalized spacial score (nSPS) is 16.3. The molecule has 0 atom stereocenters. The summed E-state index contributed by atoms with van der Waals surface area (Å²) in [5, 5.41) is 16.5. The van der Waals surface area contributed by atoms with Gasteiger partial charge >= 0.3 is 11.9 Å². The predicted octanol–water partition coefficient (Wildman–Crippen LogP) is 9.40. The summed E-state index contributed by atoms with van der Waals surface area (Å²) in [4.78, 5) is 31.3. The molecule has 1 saturated heterocycles. The number of aromatic nitrogens is 1. The van der Waals surface area contributed by atoms with Gasteiger partial charge in [0.15, 0.2) is 0 Å². The molecule has 310 valence electrons. The first-order valence-corrected chi connectivity index (χ1v) is 20.8. The van der Waals surface area contributed by atoms with Crippen LogP contribution >= 0.6 is 11.6 Å². The van der Waals surface area contributed by atoms with Gasteiger partial charge in [0.1, 0.15) is 22.9 Å². The van der Waals surface area contributed by atoms with E-state index >= 15 is 0 Å². The molecule has 0 unspecified atom stereocenters. The number of amides is 1. The molecule has 1 aromatic heterocycles. The maximum Gasteiger partial charge on any atom is 0.405 e. The Morgan fingerprint density at radius 2 is 1.71 bits per heavy atom. The minimum atomic E-state index is -4.98. The van der Waals surface area contributed by atoms with Crippen molar-refractivity contribution in [3.05, 3.63) is 123 Å². The van der Waals surface area contributed by atoms with Crippen LogP contribution in [0, 0.1) is 15.5 Å². The van der Waals surface area contributed by atoms with Gasteiger partial charge in [0.2, 0.25) is 5.75 Å². The third kappa shape index (κ3) is 9.67. The number of nitro benzene ring substituents is 1. The number of alkyl halides is 3. The van der Waals surface area contributed by atoms with Crippen LogP contribution in [0.2, 0.25) is 5.02 Å². The highest BCUT2D eigenvalue weighted by molar-refractivity contribution is 7.90. The molecule has 59 heavy (non-hydrogen) atoms. The topological polar surface area (TPSA) is 150 Å². The Hall–Kier alpha value is -5.58. The molecule has 7 rings (SSSR count). The maximum atomic E-state index is 14.2. The number of fused-ring (bicyclic) bond motifs is 1. The molecule has 1 aliphatic carbocycles. The summed E-state index contributed by atoms with van der Waals surface area (Å²) in [5.74, 6) is -1.93. The number of aromatic amines is 1. The van der Waals surface area contributed by atoms with Crippen molar-refractivity contribution in [3.8, 4) is 11.5 Å². The number of hydrogen-bond donors (Lipinski definition) is 3. The van der Waals surface area contributed by atoms with Crippen LogP contribution in [0.3, 0.4) is 0 Å². The Kier molecular flexibility index (Phi) is 11.7. The molecule has 0 saturated carbocycles. The molecule has 1 amide bonds. The molecule has 5 aromatic rings. The van der Waals surface area contributed by atoms with Gasteiger partial charge in [-0.2, -0.15) is 13.2 Å². The lowest BCUT2D eigenvalue weighted by Gasteiger charge is -2.40. The zero-order chi connectivity index (χ0) is 42.1. The lowest BCUT2D eigenvalue weighted by molar-refractivity contribution is -0.384. The first-order valence-electron chi connectivity index (χ1n) is 18.9. The van der Waals surface area contributed by atoms with E-state index in [9.17, 15) is 36.5 Å². The second-order valence-electron chi connectivity index (χ2n) is 15.5. The van der Waals surface area contributed by atoms with E-state index in [-0.39, 0.29) is 35.5 Å². The zero-order valence-electron chi connectivity index (χ0n) is 32.2. The van der Waals surface area contributed by atoms with E-state index in [0.29, 0.717) is 35.6 Å². The van der Waals surface area contributed by atoms with Crippen molar-refractivity contribution < 1.29 is 36.0 Å². The Bertz CT molecular complexity index is 2520. The third-order valence-corrected chi connectivity index (χ3v) is 12.2. The number of sulfonamides is 1. The van der Waals surface area contributed by atoms with Crippen LogP contribution in [0.25, 0.3) is 16.5 Å². The van der Waals surface area contributed by atoms with E-state index in [2.05, 4.69) is 29.0 Å². The van der Waals surface area contributed by atoms with Gasteiger partial charge in [-0.3, -0.25) is 19.8 Å². The number of carbonyl (C=O) groups is 1. The molecule has 17 heteroatoms. The highest BCUT2D eigenvalue weighted by Crippen LogP contribution is 2.49. The van der Waals surface area contributed by atoms with Crippen LogP contribution in [0.15, 0.2) is 102 Å². The number of benzene rings is 4. The van der Waals surface area contributed by atoms with Gasteiger partial charge in [-0.15, -0.1) is 0 Å². The number of halogens is 4. The molecule has 2 aliphatic rings. The number of rotatable bonds is 12. The smallest absolute Gasteiger partial charge is 0.405 e. The van der Waals surface area contributed by atoms with Crippen molar-refractivity contribution in [1.29, 1.82) is 0 Å². The van der Waals surface area contributed by atoms with Crippen molar-refractivity contribution in [2.75, 3.05) is 49.5 Å². The standard InChI is InChI=1S/C42H42ClF3N6O6S/c1-41(2)16-14-30(33(24-41)27-8-10-31(43)11-9-27)25-50-18-20-51(21-19-50)35-23-36(59(56,57)49-40(53)28-6-4-3-5-7-28)39(38(52(54)55)37(35)48-26-42(44,45)46)58-32-12-13-34-29(22-32)15-17-47-34/h3-13,15,17,22-23,47-48H,14,16,18-21,24-26H2,1-2H3,(H,49,53). The maximum absolute atomic E-state index is 14.2. The largest absolute Gasteiger partial charge is 0.449 e. The van der Waals surface area contributed by atoms with E-state index in [1.54, 1.807) is 29.3 Å². The minimum absolute atomic E-state index is 0.0124. The molecule has 3 N–H and O–H groups in total. The number of allylic oxidation sites excluding steroid dienone is 1. The molecule has 1 aliphatic heterocycles. The van der Waals surface area contributed by atoms with Crippen LogP contribution in [-0.4, -0.2) is 74.6 Å². The Labute approximate surface area is 344 Å². The first kappa shape index (κ1) is 41.6. The SMILES string of the molecule is CC1(C)CCC(CN2CCN(c3cc(S(=O)(=O)NC(=O)c4ccccc4)c(Oc4ccc5[nH]ccc5c4)c([N+](=O)[O-])c3NCC(F)(F)F)CC2)=C(c2ccc(Cl)cc2)C1. The van der Waals surface area contributed by atoms with Gasteiger partial charge in [-0.05, 0) is 90.4 Å². The highest BCUT2D eigenvalue weighted by Gasteiger charge is 2.39. The summed E-state index contributed by atoms with van der Waals surface area (Å²) in [7, 11) is -4.98. The summed E-state index contributed by atoms with van der Waals surface area (Å²) in [6, 6.07) is 22.5. The molecule has 1 fully saturated rings. The second kappa shape index (κ2) is 16.6. The molecule has 0 radical (unpaired) electrons. The average Bonchev–Trinajstić information content (AvgIpc) is 3.66. The van der Waals surface area contributed by atoms with Gasteiger partial charge in [0, 0.05) is 60.4 Å². The van der Waals surface area contributed by atoms with E-state index in [1.807, 2.05) is 29.0 Å². The van der Waals surface area contributed by atoms with Gasteiger partial charge in [-0.1, -0.05) is 61.4 Å². The van der Waals surface area contributed by atoms with E-state index < -0.39 is 55.6 Å². The molecule has 2 heterocycles. The number of H-pyrrole nitrogens is 1. The van der Waals surface area contributed by atoms with E-state index in [4.69, 9.17) is 16.3 Å². The molecule has 0 bridgehead atoms. The van der Waals surface area contributed by atoms with Gasteiger partial charge in [0.25, 0.3) is 15.9 Å². The fourth-order valence-electron chi connectivity index (χ4n) is 7.62. The summed E-state index contributed by atoms with van der Waals surface area (Å²) < 4.78 is 78.0. The monoisotopic (exact) mass is 850 g/mol. The second-order valence-corrected chi connectivity index (χ2v) is 17.6. The number of ether oxygens (including phenoxy) is 1. The lowest BCUT2D eigenvalue weighted by Crippen LogP contribution is -2.47. The van der Waals surface area contributed by atoms with Gasteiger partial charge < -0.3 is 19.9 Å². The Morgan fingerprint density at radius 1 is 1.00 bits per heavy atom. The van der Waals surface area contributed by atoms with Crippen LogP contribution < -0.4 is 19.7 Å². The number of anilines is 2. The Morgan fingerprint density at radius 3 is 2.39 bits per heavy atom. The first-order chi connectivity index (χ1) is 28.0. The number of piperazine rings is 1. The molecule has 12 nitrogen and oxygen atoms in total. The van der Waals surface area contributed by atoms with Gasteiger partial charge in [-0.25, -0.2) is 13.1 Å². The lowest BCUT2D eigenvalue weighted by atomic mass is 9.72. The fourth-order valence-corrected chi connectivity index (χ4v) is 8.86. The van der Waals surface area contributed by atoms with Crippen LogP contribution in [-0.2, 0) is 10.0 Å². The summed E-state index contributed by atoms with van der Waals surface area (Å²) in [6.07, 6.45) is -0.429. The quantitative estimate of drug-likeness (QED) is 0.0825. The number of nitrogens with zero attached hydrogens (tertiary/aromatic N) is 3. The van der Waals surface area contributed by atoms with Gasteiger partial charge in [0.05, 0.1) is 10.6 Å². The number of hydrogen-bond acceptors (Lipinski definition) is 9. The third-order valence-electron chi connectivity index (χ3n) is 10.7. The number of carbonyl (C=O) groups excluding carboxylic acids is 1. The van der Waals surface area contributed by atoms with E-state index in [1.165, 1.54) is 47.5 Å². The molecular weight excluding hydrogens is 809 g/mol. The number of nitrogens with one attached hydrogen (secondary N) is 3. The summed E-state index contributed by atoms with van der Waals surface area (Å²) >= 11 is 6.20. The fraction of sp³-hybridized carbons (Fsp3) is 0.310. The van der Waals surface area contributed by atoms with Crippen molar-refractivity contribution >= 4 is 61.1 Å². The average molecular weight is 851 g/mol. The van der Waals surface area contributed by atoms with Crippen molar-refractivity contribution in [2.24, 2.45) is 5.41 Å². The molecular formula is C42H42ClF3N6O6S. The van der Waals surface area contributed by atoms with Crippen molar-refractivity contribution in [2.45, 2.75) is 44.2 Å². The van der Waals surface area contributed by atoms with Crippen LogP contribution in [0.5, 0.6) is 11.5 Å². The molecule has 4 aromatic carbocycles. The summed E-state index contributed by atoms with van der Waals surface area (Å²) in [6.45, 7) is 4.64. The highest BCUT2D eigenvalue weighted by atomic mass is 35.5.